The quantitative estimate of drug-likeness (QED) is 0.371. The number of nitrogens with zero attached hydrogens (tertiary/aromatic N) is 1. The fourth-order valence-electron chi connectivity index (χ4n) is 4.52. The fraction of sp³-hybridized carbons (Fsp3) is 0.464. The van der Waals surface area contributed by atoms with Gasteiger partial charge in [0, 0.05) is 32.6 Å². The molecule has 41 heavy (non-hydrogen) atoms. The maximum atomic E-state index is 14.4. The minimum Gasteiger partial charge on any atom is -0.493 e. The van der Waals surface area contributed by atoms with Crippen LogP contribution >= 0.6 is 0 Å². The van der Waals surface area contributed by atoms with Crippen molar-refractivity contribution in [1.82, 2.24) is 15.5 Å². The first-order valence-electron chi connectivity index (χ1n) is 13.1. The number of fused-ring (bicyclic) bond motifs is 2. The van der Waals surface area contributed by atoms with Crippen LogP contribution in [0.4, 0.5) is 17.6 Å². The molecule has 3 amide bonds. The third kappa shape index (κ3) is 9.71. The van der Waals surface area contributed by atoms with Crippen molar-refractivity contribution in [1.29, 1.82) is 0 Å². The minimum absolute atomic E-state index is 0.0128. The number of halogens is 4. The topological polar surface area (TPSA) is 134 Å². The van der Waals surface area contributed by atoms with Gasteiger partial charge in [-0.05, 0) is 48.6 Å². The lowest BCUT2D eigenvalue weighted by atomic mass is 9.99. The Labute approximate surface area is 235 Å². The Bertz CT molecular complexity index is 1230. The summed E-state index contributed by atoms with van der Waals surface area (Å²) >= 11 is 0. The van der Waals surface area contributed by atoms with Crippen LogP contribution < -0.4 is 21.1 Å². The molecule has 1 heterocycles. The van der Waals surface area contributed by atoms with E-state index in [4.69, 9.17) is 10.5 Å². The highest BCUT2D eigenvalue weighted by Gasteiger charge is 2.32. The molecule has 2 bridgehead atoms. The lowest BCUT2D eigenvalue weighted by molar-refractivity contribution is -0.141. The second-order valence-electron chi connectivity index (χ2n) is 10.0. The zero-order valence-electron chi connectivity index (χ0n) is 22.5. The Morgan fingerprint density at radius 1 is 1.22 bits per heavy atom. The molecule has 3 rings (SSSR count). The summed E-state index contributed by atoms with van der Waals surface area (Å²) in [5, 5.41) is 16.6. The van der Waals surface area contributed by atoms with Crippen molar-refractivity contribution >= 4 is 17.7 Å². The molecule has 0 aliphatic carbocycles. The molecule has 0 spiro atoms. The smallest absolute Gasteiger partial charge is 0.416 e. The summed E-state index contributed by atoms with van der Waals surface area (Å²) < 4.78 is 59.2. The van der Waals surface area contributed by atoms with Crippen LogP contribution in [0.5, 0.6) is 5.75 Å². The number of aliphatic hydroxyl groups is 1. The number of nitrogens with two attached hydrogens (primary N) is 1. The van der Waals surface area contributed by atoms with E-state index in [1.54, 1.807) is 6.07 Å². The molecule has 0 fully saturated rings. The van der Waals surface area contributed by atoms with Crippen molar-refractivity contribution in [3.05, 3.63) is 65.0 Å². The Morgan fingerprint density at radius 3 is 2.68 bits per heavy atom. The molecule has 3 atom stereocenters. The monoisotopic (exact) mass is 582 g/mol. The average Bonchev–Trinajstić information content (AvgIpc) is 2.89. The molecule has 2 aromatic carbocycles. The van der Waals surface area contributed by atoms with Crippen molar-refractivity contribution in [2.45, 2.75) is 63.0 Å². The van der Waals surface area contributed by atoms with Crippen molar-refractivity contribution < 1.29 is 41.8 Å². The SMILES string of the molecule is CN1C(=O)CCCCOc2cc(F)cc(c2)CC(C(O)CNCc2cccc(C(F)(F)F)c2)NC(=O)C1CC(N)=O. The molecule has 1 aliphatic heterocycles. The first kappa shape index (κ1) is 31.8. The Kier molecular flexibility index (Phi) is 11.1. The molecule has 0 aromatic heterocycles. The molecule has 0 saturated heterocycles. The van der Waals surface area contributed by atoms with E-state index in [9.17, 15) is 37.1 Å². The summed E-state index contributed by atoms with van der Waals surface area (Å²) in [4.78, 5) is 38.9. The number of hydrogen-bond donors (Lipinski definition) is 4. The second-order valence-corrected chi connectivity index (χ2v) is 10.0. The van der Waals surface area contributed by atoms with Gasteiger partial charge in [0.2, 0.25) is 17.7 Å². The van der Waals surface area contributed by atoms with Crippen molar-refractivity contribution in [2.75, 3.05) is 20.2 Å². The summed E-state index contributed by atoms with van der Waals surface area (Å²) in [5.41, 5.74) is 5.25. The Balaban J connectivity index is 1.83. The number of benzene rings is 2. The van der Waals surface area contributed by atoms with Crippen LogP contribution in [-0.4, -0.2) is 66.1 Å². The van der Waals surface area contributed by atoms with Crippen molar-refractivity contribution in [2.24, 2.45) is 5.73 Å². The first-order valence-corrected chi connectivity index (χ1v) is 13.1. The molecule has 3 unspecified atom stereocenters. The first-order chi connectivity index (χ1) is 19.3. The van der Waals surface area contributed by atoms with E-state index in [0.29, 0.717) is 24.0 Å². The van der Waals surface area contributed by atoms with Gasteiger partial charge < -0.3 is 31.1 Å². The number of hydrogen-bond acceptors (Lipinski definition) is 6. The number of ether oxygens (including phenoxy) is 1. The van der Waals surface area contributed by atoms with E-state index < -0.39 is 59.9 Å². The van der Waals surface area contributed by atoms with Crippen LogP contribution in [0.1, 0.15) is 42.4 Å². The summed E-state index contributed by atoms with van der Waals surface area (Å²) in [6.07, 6.45) is -5.35. The molecule has 1 aliphatic rings. The van der Waals surface area contributed by atoms with Gasteiger partial charge in [-0.3, -0.25) is 14.4 Å². The third-order valence-electron chi connectivity index (χ3n) is 6.73. The fourth-order valence-corrected chi connectivity index (χ4v) is 4.52. The number of nitrogens with one attached hydrogen (secondary N) is 2. The molecule has 9 nitrogen and oxygen atoms in total. The molecular weight excluding hydrogens is 548 g/mol. The number of rotatable bonds is 7. The van der Waals surface area contributed by atoms with Gasteiger partial charge in [0.05, 0.1) is 30.7 Å². The second kappa shape index (κ2) is 14.3. The predicted molar refractivity (Wildman–Crippen MR) is 141 cm³/mol. The molecular formula is C28H34F4N4O5. The minimum atomic E-state index is -4.51. The number of carbonyl (C=O) groups is 3. The zero-order chi connectivity index (χ0) is 30.2. The van der Waals surface area contributed by atoms with Crippen LogP contribution in [0.2, 0.25) is 0 Å². The number of likely N-dealkylation sites (N-methyl/N-ethyl adjacent to an activating group) is 1. The highest BCUT2D eigenvalue weighted by molar-refractivity contribution is 5.91. The molecule has 13 heteroatoms. The normalized spacial score (nSPS) is 19.9. The maximum Gasteiger partial charge on any atom is 0.416 e. The van der Waals surface area contributed by atoms with Gasteiger partial charge in [0.25, 0.3) is 0 Å². The van der Waals surface area contributed by atoms with Crippen LogP contribution in [0.25, 0.3) is 0 Å². The van der Waals surface area contributed by atoms with Crippen LogP contribution in [0.3, 0.4) is 0 Å². The predicted octanol–water partition coefficient (Wildman–Crippen LogP) is 2.29. The number of carbonyl (C=O) groups excluding carboxylic acids is 3. The van der Waals surface area contributed by atoms with E-state index in [1.165, 1.54) is 31.3 Å². The van der Waals surface area contributed by atoms with Crippen LogP contribution in [0.15, 0.2) is 42.5 Å². The zero-order valence-corrected chi connectivity index (χ0v) is 22.5. The molecule has 224 valence electrons. The molecule has 5 N–H and O–H groups in total. The molecule has 0 saturated carbocycles. The summed E-state index contributed by atoms with van der Waals surface area (Å²) in [6.45, 7) is 0.0452. The van der Waals surface area contributed by atoms with E-state index >= 15 is 0 Å². The number of primary amides is 1. The van der Waals surface area contributed by atoms with Gasteiger partial charge in [-0.15, -0.1) is 0 Å². The van der Waals surface area contributed by atoms with Gasteiger partial charge in [-0.1, -0.05) is 18.2 Å². The summed E-state index contributed by atoms with van der Waals surface area (Å²) in [5.74, 6) is -2.31. The maximum absolute atomic E-state index is 14.4. The average molecular weight is 583 g/mol. The van der Waals surface area contributed by atoms with Crippen molar-refractivity contribution in [3.63, 3.8) is 0 Å². The largest absolute Gasteiger partial charge is 0.493 e. The summed E-state index contributed by atoms with van der Waals surface area (Å²) in [7, 11) is 1.38. The van der Waals surface area contributed by atoms with Crippen LogP contribution in [0, 0.1) is 5.82 Å². The van der Waals surface area contributed by atoms with E-state index in [-0.39, 0.29) is 38.3 Å². The van der Waals surface area contributed by atoms with Gasteiger partial charge in [0.1, 0.15) is 17.6 Å². The highest BCUT2D eigenvalue weighted by Crippen LogP contribution is 2.29. The van der Waals surface area contributed by atoms with Gasteiger partial charge in [-0.25, -0.2) is 4.39 Å². The van der Waals surface area contributed by atoms with E-state index in [2.05, 4.69) is 10.6 Å². The van der Waals surface area contributed by atoms with E-state index in [1.807, 2.05) is 0 Å². The highest BCUT2D eigenvalue weighted by atomic mass is 19.4. The van der Waals surface area contributed by atoms with Gasteiger partial charge in [-0.2, -0.15) is 13.2 Å². The Hall–Kier alpha value is -3.71. The van der Waals surface area contributed by atoms with Crippen LogP contribution in [-0.2, 0) is 33.5 Å². The summed E-state index contributed by atoms with van der Waals surface area (Å²) in [6, 6.07) is 6.41. The Morgan fingerprint density at radius 2 is 1.98 bits per heavy atom. The standard InChI is InChI=1S/C28H34F4N4O5/c1-36-23(14-25(33)38)27(40)35-22(24(37)16-34-15-17-5-4-6-19(9-17)28(30,31)32)12-18-10-20(29)13-21(11-18)41-8-3-2-7-26(36)39/h4-6,9-11,13,22-24,34,37H,2-3,7-8,12,14-16H2,1H3,(H2,33,38)(H,35,40). The lowest BCUT2D eigenvalue weighted by Gasteiger charge is -2.30. The molecule has 2 aromatic rings. The number of amides is 3. The molecule has 0 radical (unpaired) electrons. The number of aliphatic hydroxyl groups excluding tert-OH is 1. The number of alkyl halides is 3. The van der Waals surface area contributed by atoms with E-state index in [0.717, 1.165) is 17.0 Å². The van der Waals surface area contributed by atoms with Gasteiger partial charge >= 0.3 is 6.18 Å². The lowest BCUT2D eigenvalue weighted by Crippen LogP contribution is -2.55. The van der Waals surface area contributed by atoms with Gasteiger partial charge in [0.15, 0.2) is 0 Å². The van der Waals surface area contributed by atoms with Crippen molar-refractivity contribution in [3.8, 4) is 5.75 Å². The third-order valence-corrected chi connectivity index (χ3v) is 6.73.